The second-order valence-electron chi connectivity index (χ2n) is 6.48. The van der Waals surface area contributed by atoms with Crippen LogP contribution in [0.25, 0.3) is 0 Å². The maximum atomic E-state index is 13.1. The normalized spacial score (nSPS) is 25.7. The quantitative estimate of drug-likeness (QED) is 0.743. The summed E-state index contributed by atoms with van der Waals surface area (Å²) in [6, 6.07) is 4.13. The number of fused-ring (bicyclic) bond motifs is 1. The van der Waals surface area contributed by atoms with E-state index < -0.39 is 27.8 Å². The van der Waals surface area contributed by atoms with Gasteiger partial charge in [-0.25, -0.2) is 12.8 Å². The Hall–Kier alpha value is -2.00. The molecule has 1 aromatic carbocycles. The zero-order valence-electron chi connectivity index (χ0n) is 14.1. The first-order valence-corrected chi connectivity index (χ1v) is 9.42. The van der Waals surface area contributed by atoms with Gasteiger partial charge in [0.25, 0.3) is 0 Å². The predicted molar refractivity (Wildman–Crippen MR) is 87.5 cm³/mol. The Morgan fingerprint density at radius 1 is 1.12 bits per heavy atom. The van der Waals surface area contributed by atoms with Gasteiger partial charge in [-0.05, 0) is 30.7 Å². The van der Waals surface area contributed by atoms with Gasteiger partial charge in [0.2, 0.25) is 21.8 Å². The fourth-order valence-corrected chi connectivity index (χ4v) is 4.89. The van der Waals surface area contributed by atoms with Crippen molar-refractivity contribution in [2.75, 3.05) is 33.7 Å². The first-order valence-electron chi connectivity index (χ1n) is 7.98. The van der Waals surface area contributed by atoms with Crippen LogP contribution in [0.3, 0.4) is 0 Å². The number of carbonyl (C=O) groups excluding carboxylic acids is 2. The molecule has 2 aliphatic rings. The lowest BCUT2D eigenvalue weighted by Crippen LogP contribution is -2.55. The summed E-state index contributed by atoms with van der Waals surface area (Å²) in [5.41, 5.74) is 0. The zero-order valence-corrected chi connectivity index (χ0v) is 14.9. The van der Waals surface area contributed by atoms with Crippen molar-refractivity contribution >= 4 is 21.8 Å². The summed E-state index contributed by atoms with van der Waals surface area (Å²) in [5.74, 6) is -1.28. The van der Waals surface area contributed by atoms with Crippen molar-refractivity contribution in [3.63, 3.8) is 0 Å². The molecule has 136 valence electrons. The van der Waals surface area contributed by atoms with E-state index in [1.807, 2.05) is 0 Å². The number of rotatable bonds is 2. The van der Waals surface area contributed by atoms with Crippen LogP contribution in [0.5, 0.6) is 0 Å². The molecule has 0 radical (unpaired) electrons. The van der Waals surface area contributed by atoms with Gasteiger partial charge < -0.3 is 9.80 Å². The second kappa shape index (κ2) is 6.38. The Kier molecular flexibility index (Phi) is 4.54. The van der Waals surface area contributed by atoms with Gasteiger partial charge in [0.1, 0.15) is 5.82 Å². The van der Waals surface area contributed by atoms with Gasteiger partial charge in [-0.2, -0.15) is 4.31 Å². The molecule has 25 heavy (non-hydrogen) atoms. The van der Waals surface area contributed by atoms with Crippen molar-refractivity contribution < 1.29 is 22.4 Å². The Morgan fingerprint density at radius 3 is 2.40 bits per heavy atom. The fraction of sp³-hybridized carbons (Fsp3) is 0.500. The standard InChI is InChI=1S/C16H20FN3O4S/c1-18-10-15(21)19(2)14-9-20(8-7-13(14)16(18)22)25(23,24)12-5-3-11(17)4-6-12/h3-6,13-14H,7-10H2,1-2H3. The number of hydrogen-bond acceptors (Lipinski definition) is 4. The number of carbonyl (C=O) groups is 2. The smallest absolute Gasteiger partial charge is 0.243 e. The van der Waals surface area contributed by atoms with Gasteiger partial charge in [-0.1, -0.05) is 0 Å². The van der Waals surface area contributed by atoms with E-state index in [-0.39, 0.29) is 36.3 Å². The SMILES string of the molecule is CN1CC(=O)N(C)C2CN(S(=O)(=O)c3ccc(F)cc3)CCC2C1=O. The maximum Gasteiger partial charge on any atom is 0.243 e. The van der Waals surface area contributed by atoms with Crippen molar-refractivity contribution in [3.05, 3.63) is 30.1 Å². The van der Waals surface area contributed by atoms with E-state index in [2.05, 4.69) is 0 Å². The molecule has 2 unspecified atom stereocenters. The molecule has 2 atom stereocenters. The topological polar surface area (TPSA) is 78.0 Å². The molecule has 0 saturated carbocycles. The number of amides is 2. The molecule has 0 aromatic heterocycles. The highest BCUT2D eigenvalue weighted by atomic mass is 32.2. The Bertz CT molecular complexity index is 796. The van der Waals surface area contributed by atoms with E-state index in [0.29, 0.717) is 6.42 Å². The number of halogens is 1. The molecule has 2 amide bonds. The maximum absolute atomic E-state index is 13.1. The molecule has 7 nitrogen and oxygen atoms in total. The number of sulfonamides is 1. The summed E-state index contributed by atoms with van der Waals surface area (Å²) >= 11 is 0. The Labute approximate surface area is 146 Å². The van der Waals surface area contributed by atoms with Crippen molar-refractivity contribution in [3.8, 4) is 0 Å². The van der Waals surface area contributed by atoms with Crippen LogP contribution >= 0.6 is 0 Å². The van der Waals surface area contributed by atoms with Crippen LogP contribution < -0.4 is 0 Å². The number of hydrogen-bond donors (Lipinski definition) is 0. The van der Waals surface area contributed by atoms with Gasteiger partial charge in [0.15, 0.2) is 0 Å². The van der Waals surface area contributed by atoms with Crippen LogP contribution in [-0.2, 0) is 19.6 Å². The van der Waals surface area contributed by atoms with Gasteiger partial charge in [-0.3, -0.25) is 9.59 Å². The lowest BCUT2D eigenvalue weighted by atomic mass is 9.91. The number of benzene rings is 1. The third-order valence-corrected chi connectivity index (χ3v) is 6.83. The molecule has 2 saturated heterocycles. The molecule has 0 aliphatic carbocycles. The summed E-state index contributed by atoms with van der Waals surface area (Å²) in [7, 11) is -0.630. The summed E-state index contributed by atoms with van der Waals surface area (Å²) in [6.45, 7) is 0.224. The molecular weight excluding hydrogens is 349 g/mol. The van der Waals surface area contributed by atoms with Crippen molar-refractivity contribution in [2.45, 2.75) is 17.4 Å². The molecule has 3 rings (SSSR count). The summed E-state index contributed by atoms with van der Waals surface area (Å²) in [6.07, 6.45) is 0.339. The van der Waals surface area contributed by atoms with E-state index in [0.717, 1.165) is 12.1 Å². The van der Waals surface area contributed by atoms with Crippen LogP contribution in [0.1, 0.15) is 6.42 Å². The van der Waals surface area contributed by atoms with Gasteiger partial charge in [-0.15, -0.1) is 0 Å². The average Bonchev–Trinajstić information content (AvgIpc) is 2.66. The molecule has 9 heteroatoms. The average molecular weight is 369 g/mol. The van der Waals surface area contributed by atoms with Crippen LogP contribution in [0.2, 0.25) is 0 Å². The Morgan fingerprint density at radius 2 is 1.76 bits per heavy atom. The largest absolute Gasteiger partial charge is 0.339 e. The Balaban J connectivity index is 1.89. The predicted octanol–water partition coefficient (Wildman–Crippen LogP) is 0.135. The highest BCUT2D eigenvalue weighted by molar-refractivity contribution is 7.89. The highest BCUT2D eigenvalue weighted by Gasteiger charge is 2.44. The van der Waals surface area contributed by atoms with E-state index >= 15 is 0 Å². The lowest BCUT2D eigenvalue weighted by Gasteiger charge is -2.39. The minimum Gasteiger partial charge on any atom is -0.339 e. The monoisotopic (exact) mass is 369 g/mol. The van der Waals surface area contributed by atoms with Gasteiger partial charge >= 0.3 is 0 Å². The van der Waals surface area contributed by atoms with Crippen molar-refractivity contribution in [2.24, 2.45) is 5.92 Å². The van der Waals surface area contributed by atoms with Crippen molar-refractivity contribution in [1.29, 1.82) is 0 Å². The van der Waals surface area contributed by atoms with Crippen LogP contribution in [0.4, 0.5) is 4.39 Å². The molecule has 0 spiro atoms. The number of likely N-dealkylation sites (N-methyl/N-ethyl adjacent to an activating group) is 2. The summed E-state index contributed by atoms with van der Waals surface area (Å²) in [4.78, 5) is 27.5. The minimum absolute atomic E-state index is 0.00149. The van der Waals surface area contributed by atoms with E-state index in [4.69, 9.17) is 0 Å². The van der Waals surface area contributed by atoms with Gasteiger partial charge in [0, 0.05) is 27.2 Å². The van der Waals surface area contributed by atoms with Gasteiger partial charge in [0.05, 0.1) is 23.4 Å². The molecule has 0 bridgehead atoms. The zero-order chi connectivity index (χ0) is 18.4. The van der Waals surface area contributed by atoms with Crippen molar-refractivity contribution in [1.82, 2.24) is 14.1 Å². The van der Waals surface area contributed by atoms with Crippen LogP contribution in [0.15, 0.2) is 29.2 Å². The summed E-state index contributed by atoms with van der Waals surface area (Å²) < 4.78 is 39.9. The summed E-state index contributed by atoms with van der Waals surface area (Å²) in [5, 5.41) is 0. The van der Waals surface area contributed by atoms with E-state index in [1.165, 1.54) is 26.2 Å². The third kappa shape index (κ3) is 3.13. The van der Waals surface area contributed by atoms with Crippen LogP contribution in [0, 0.1) is 11.7 Å². The lowest BCUT2D eigenvalue weighted by molar-refractivity contribution is -0.136. The molecular formula is C16H20FN3O4S. The van der Waals surface area contributed by atoms with Crippen LogP contribution in [-0.4, -0.2) is 74.1 Å². The molecule has 2 heterocycles. The third-order valence-electron chi connectivity index (χ3n) is 4.95. The first kappa shape index (κ1) is 17.8. The van der Waals surface area contributed by atoms with E-state index in [1.54, 1.807) is 14.1 Å². The number of nitrogens with zero attached hydrogens (tertiary/aromatic N) is 3. The minimum atomic E-state index is -3.81. The molecule has 2 aliphatic heterocycles. The molecule has 0 N–H and O–H groups in total. The fourth-order valence-electron chi connectivity index (χ4n) is 3.42. The second-order valence-corrected chi connectivity index (χ2v) is 8.42. The highest BCUT2D eigenvalue weighted by Crippen LogP contribution is 2.29. The number of piperidine rings is 1. The van der Waals surface area contributed by atoms with E-state index in [9.17, 15) is 22.4 Å². The molecule has 1 aromatic rings. The molecule has 2 fully saturated rings. The first-order chi connectivity index (χ1) is 11.7.